The van der Waals surface area contributed by atoms with Crippen molar-refractivity contribution in [1.82, 2.24) is 0 Å². The van der Waals surface area contributed by atoms with E-state index in [-0.39, 0.29) is 11.8 Å². The molecule has 5 nitrogen and oxygen atoms in total. The summed E-state index contributed by atoms with van der Waals surface area (Å²) in [6.07, 6.45) is 2.89. The number of hydrogen-bond donors (Lipinski definition) is 3. The minimum atomic E-state index is -0.630. The van der Waals surface area contributed by atoms with Crippen molar-refractivity contribution in [3.63, 3.8) is 0 Å². The van der Waals surface area contributed by atoms with E-state index in [1.54, 1.807) is 24.3 Å². The number of fused-ring (bicyclic) bond motifs is 1. The number of nitrogens with one attached hydrogen (secondary N) is 2. The van der Waals surface area contributed by atoms with Gasteiger partial charge in [-0.1, -0.05) is 30.3 Å². The minimum Gasteiger partial charge on any atom is -0.351 e. The molecule has 4 N–H and O–H groups in total. The maximum atomic E-state index is 12.6. The van der Waals surface area contributed by atoms with E-state index in [4.69, 9.17) is 5.73 Å². The van der Waals surface area contributed by atoms with Crippen LogP contribution in [0.4, 0.5) is 16.2 Å². The van der Waals surface area contributed by atoms with Crippen LogP contribution in [0.25, 0.3) is 0 Å². The number of urea groups is 1. The van der Waals surface area contributed by atoms with Crippen molar-refractivity contribution >= 4 is 23.3 Å². The van der Waals surface area contributed by atoms with Crippen LogP contribution in [0, 0.1) is 0 Å². The molecule has 0 radical (unpaired) electrons. The Morgan fingerprint density at radius 1 is 1.00 bits per heavy atom. The van der Waals surface area contributed by atoms with E-state index in [1.165, 1.54) is 5.56 Å². The maximum Gasteiger partial charge on any atom is 0.316 e. The molecular weight excluding hydrogens is 290 g/mol. The van der Waals surface area contributed by atoms with Crippen LogP contribution in [0.1, 0.15) is 29.9 Å². The summed E-state index contributed by atoms with van der Waals surface area (Å²) < 4.78 is 0. The molecule has 1 aliphatic rings. The fraction of sp³-hybridized carbons (Fsp3) is 0.222. The lowest BCUT2D eigenvalue weighted by Crippen LogP contribution is -2.25. The molecule has 23 heavy (non-hydrogen) atoms. The molecule has 0 fully saturated rings. The summed E-state index contributed by atoms with van der Waals surface area (Å²) in [6, 6.07) is 14.4. The summed E-state index contributed by atoms with van der Waals surface area (Å²) in [5.41, 5.74) is 8.67. The van der Waals surface area contributed by atoms with Gasteiger partial charge in [0.15, 0.2) is 0 Å². The van der Waals surface area contributed by atoms with Gasteiger partial charge in [0, 0.05) is 11.4 Å². The molecule has 0 bridgehead atoms. The summed E-state index contributed by atoms with van der Waals surface area (Å²) in [6.45, 7) is 0. The summed E-state index contributed by atoms with van der Waals surface area (Å²) in [4.78, 5) is 23.6. The minimum absolute atomic E-state index is 0.0200. The molecule has 1 aliphatic carbocycles. The van der Waals surface area contributed by atoms with Crippen molar-refractivity contribution in [2.75, 3.05) is 10.6 Å². The molecule has 0 saturated heterocycles. The first-order chi connectivity index (χ1) is 11.1. The molecular formula is C18H19N3O2. The van der Waals surface area contributed by atoms with Gasteiger partial charge in [-0.05, 0) is 48.6 Å². The Kier molecular flexibility index (Phi) is 4.28. The van der Waals surface area contributed by atoms with Gasteiger partial charge in [0.05, 0.1) is 5.92 Å². The van der Waals surface area contributed by atoms with E-state index in [0.717, 1.165) is 24.8 Å². The van der Waals surface area contributed by atoms with Gasteiger partial charge in [-0.3, -0.25) is 4.79 Å². The second-order valence-corrected chi connectivity index (χ2v) is 5.70. The van der Waals surface area contributed by atoms with E-state index < -0.39 is 6.03 Å². The molecule has 0 aromatic heterocycles. The first kappa shape index (κ1) is 15.1. The van der Waals surface area contributed by atoms with Gasteiger partial charge in [0.2, 0.25) is 5.91 Å². The monoisotopic (exact) mass is 309 g/mol. The van der Waals surface area contributed by atoms with E-state index in [2.05, 4.69) is 16.7 Å². The highest BCUT2D eigenvalue weighted by atomic mass is 16.2. The number of amides is 3. The van der Waals surface area contributed by atoms with E-state index in [0.29, 0.717) is 11.4 Å². The first-order valence-electron chi connectivity index (χ1n) is 7.68. The van der Waals surface area contributed by atoms with Crippen molar-refractivity contribution < 1.29 is 9.59 Å². The zero-order valence-electron chi connectivity index (χ0n) is 12.7. The van der Waals surface area contributed by atoms with Crippen LogP contribution in [-0.4, -0.2) is 11.9 Å². The highest BCUT2D eigenvalue weighted by Gasteiger charge is 2.26. The number of nitrogens with two attached hydrogens (primary N) is 1. The largest absolute Gasteiger partial charge is 0.351 e. The molecule has 2 aromatic carbocycles. The van der Waals surface area contributed by atoms with E-state index in [1.807, 2.05) is 18.2 Å². The molecule has 5 heteroatoms. The van der Waals surface area contributed by atoms with Gasteiger partial charge >= 0.3 is 6.03 Å². The van der Waals surface area contributed by atoms with Crippen molar-refractivity contribution in [2.45, 2.75) is 25.2 Å². The first-order valence-corrected chi connectivity index (χ1v) is 7.68. The average Bonchev–Trinajstić information content (AvgIpc) is 2.54. The van der Waals surface area contributed by atoms with Crippen LogP contribution in [-0.2, 0) is 11.2 Å². The molecule has 1 atom stereocenters. The van der Waals surface area contributed by atoms with Gasteiger partial charge in [0.1, 0.15) is 0 Å². The fourth-order valence-corrected chi connectivity index (χ4v) is 3.07. The number of anilines is 2. The van der Waals surface area contributed by atoms with Crippen molar-refractivity contribution in [2.24, 2.45) is 5.73 Å². The second kappa shape index (κ2) is 6.52. The average molecular weight is 309 g/mol. The lowest BCUT2D eigenvalue weighted by atomic mass is 9.82. The quantitative estimate of drug-likeness (QED) is 0.813. The molecule has 0 spiro atoms. The highest BCUT2D eigenvalue weighted by molar-refractivity contribution is 5.97. The Bertz CT molecular complexity index is 743. The fourth-order valence-electron chi connectivity index (χ4n) is 3.07. The Labute approximate surface area is 134 Å². The third kappa shape index (κ3) is 3.51. The second-order valence-electron chi connectivity index (χ2n) is 5.70. The van der Waals surface area contributed by atoms with Crippen LogP contribution in [0.2, 0.25) is 0 Å². The predicted molar refractivity (Wildman–Crippen MR) is 90.4 cm³/mol. The van der Waals surface area contributed by atoms with Crippen LogP contribution in [0.5, 0.6) is 0 Å². The molecule has 3 amide bonds. The topological polar surface area (TPSA) is 84.2 Å². The number of rotatable bonds is 3. The van der Waals surface area contributed by atoms with Crippen molar-refractivity contribution in [3.05, 3.63) is 59.7 Å². The predicted octanol–water partition coefficient (Wildman–Crippen LogP) is 3.24. The van der Waals surface area contributed by atoms with Crippen LogP contribution in [0.3, 0.4) is 0 Å². The van der Waals surface area contributed by atoms with Gasteiger partial charge in [0.25, 0.3) is 0 Å². The summed E-state index contributed by atoms with van der Waals surface area (Å²) >= 11 is 0. The van der Waals surface area contributed by atoms with Crippen molar-refractivity contribution in [1.29, 1.82) is 0 Å². The summed E-state index contributed by atoms with van der Waals surface area (Å²) in [5.74, 6) is -0.152. The SMILES string of the molecule is NC(=O)Nc1cccc(NC(=O)C2CCCc3ccccc32)c1. The smallest absolute Gasteiger partial charge is 0.316 e. The zero-order valence-corrected chi connectivity index (χ0v) is 12.7. The van der Waals surface area contributed by atoms with Gasteiger partial charge in [-0.2, -0.15) is 0 Å². The number of benzene rings is 2. The van der Waals surface area contributed by atoms with Crippen LogP contribution in [0.15, 0.2) is 48.5 Å². The van der Waals surface area contributed by atoms with Gasteiger partial charge < -0.3 is 16.4 Å². The molecule has 0 saturated carbocycles. The Morgan fingerprint density at radius 2 is 1.74 bits per heavy atom. The molecule has 0 aliphatic heterocycles. The number of primary amides is 1. The molecule has 2 aromatic rings. The highest BCUT2D eigenvalue weighted by Crippen LogP contribution is 2.32. The molecule has 1 unspecified atom stereocenters. The van der Waals surface area contributed by atoms with E-state index >= 15 is 0 Å². The Hall–Kier alpha value is -2.82. The number of aryl methyl sites for hydroxylation is 1. The lowest BCUT2D eigenvalue weighted by Gasteiger charge is -2.24. The summed E-state index contributed by atoms with van der Waals surface area (Å²) in [5, 5.41) is 5.44. The van der Waals surface area contributed by atoms with E-state index in [9.17, 15) is 9.59 Å². The third-order valence-electron chi connectivity index (χ3n) is 4.08. The number of hydrogen-bond acceptors (Lipinski definition) is 2. The number of carbonyl (C=O) groups excluding carboxylic acids is 2. The lowest BCUT2D eigenvalue weighted by molar-refractivity contribution is -0.117. The van der Waals surface area contributed by atoms with Gasteiger partial charge in [-0.15, -0.1) is 0 Å². The standard InChI is InChI=1S/C18H19N3O2/c19-18(23)21-14-8-4-7-13(11-14)20-17(22)16-10-3-6-12-5-1-2-9-15(12)16/h1-2,4-5,7-9,11,16H,3,6,10H2,(H,20,22)(H3,19,21,23). The summed E-state index contributed by atoms with van der Waals surface area (Å²) in [7, 11) is 0. The Balaban J connectivity index is 1.76. The molecule has 3 rings (SSSR count). The molecule has 118 valence electrons. The zero-order chi connectivity index (χ0) is 16.2. The third-order valence-corrected chi connectivity index (χ3v) is 4.08. The van der Waals surface area contributed by atoms with Crippen molar-refractivity contribution in [3.8, 4) is 0 Å². The van der Waals surface area contributed by atoms with Crippen LogP contribution < -0.4 is 16.4 Å². The van der Waals surface area contributed by atoms with Crippen LogP contribution >= 0.6 is 0 Å². The number of carbonyl (C=O) groups is 2. The van der Waals surface area contributed by atoms with Gasteiger partial charge in [-0.25, -0.2) is 4.79 Å². The molecule has 0 heterocycles. The maximum absolute atomic E-state index is 12.6. The normalized spacial score (nSPS) is 16.3. The Morgan fingerprint density at radius 3 is 2.52 bits per heavy atom.